The summed E-state index contributed by atoms with van der Waals surface area (Å²) in [7, 11) is 0. The van der Waals surface area contributed by atoms with Gasteiger partial charge in [0.25, 0.3) is 5.91 Å². The Kier molecular flexibility index (Phi) is 7.06. The number of aryl methyl sites for hydroxylation is 2. The average Bonchev–Trinajstić information content (AvgIpc) is 3.20. The van der Waals surface area contributed by atoms with Gasteiger partial charge >= 0.3 is 0 Å². The highest BCUT2D eigenvalue weighted by atomic mass is 16.2. The summed E-state index contributed by atoms with van der Waals surface area (Å²) in [5, 5.41) is 0. The number of rotatable bonds is 6. The lowest BCUT2D eigenvalue weighted by Gasteiger charge is -2.26. The van der Waals surface area contributed by atoms with Crippen molar-refractivity contribution in [1.82, 2.24) is 9.80 Å². The number of amides is 1. The minimum Gasteiger partial charge on any atom is -0.371 e. The van der Waals surface area contributed by atoms with Crippen molar-refractivity contribution in [2.75, 3.05) is 50.7 Å². The number of hydrogen-bond acceptors (Lipinski definition) is 3. The third-order valence-corrected chi connectivity index (χ3v) is 6.49. The van der Waals surface area contributed by atoms with Crippen molar-refractivity contribution in [3.63, 3.8) is 0 Å². The Labute approximate surface area is 181 Å². The van der Waals surface area contributed by atoms with Crippen LogP contribution in [0.25, 0.3) is 0 Å². The first-order valence-electron chi connectivity index (χ1n) is 11.6. The van der Waals surface area contributed by atoms with E-state index < -0.39 is 0 Å². The molecular formula is C26H35N3O. The van der Waals surface area contributed by atoms with Crippen LogP contribution in [-0.2, 0) is 6.42 Å². The summed E-state index contributed by atoms with van der Waals surface area (Å²) in [6.45, 7) is 9.09. The first-order chi connectivity index (χ1) is 14.7. The lowest BCUT2D eigenvalue weighted by molar-refractivity contribution is 0.0762. The number of carbonyl (C=O) groups is 1. The number of benzene rings is 2. The Balaban J connectivity index is 1.35. The molecule has 0 unspecified atom stereocenters. The highest BCUT2D eigenvalue weighted by Crippen LogP contribution is 2.27. The molecule has 0 atom stereocenters. The van der Waals surface area contributed by atoms with E-state index in [2.05, 4.69) is 70.2 Å². The van der Waals surface area contributed by atoms with Gasteiger partial charge in [0.15, 0.2) is 0 Å². The van der Waals surface area contributed by atoms with E-state index in [9.17, 15) is 4.79 Å². The topological polar surface area (TPSA) is 26.8 Å². The van der Waals surface area contributed by atoms with Crippen molar-refractivity contribution >= 4 is 11.6 Å². The first kappa shape index (κ1) is 20.9. The molecule has 2 aromatic carbocycles. The van der Waals surface area contributed by atoms with E-state index >= 15 is 0 Å². The summed E-state index contributed by atoms with van der Waals surface area (Å²) >= 11 is 0. The molecule has 0 aromatic heterocycles. The van der Waals surface area contributed by atoms with Gasteiger partial charge in [-0.05, 0) is 69.8 Å². The number of carbonyl (C=O) groups excluding carboxylic acids is 1. The minimum absolute atomic E-state index is 0.215. The molecule has 0 aliphatic carbocycles. The fraction of sp³-hybridized carbons (Fsp3) is 0.500. The number of anilines is 1. The maximum atomic E-state index is 13.5. The predicted molar refractivity (Wildman–Crippen MR) is 124 cm³/mol. The number of hydrogen-bond donors (Lipinski definition) is 0. The Morgan fingerprint density at radius 1 is 0.867 bits per heavy atom. The molecule has 2 aromatic rings. The van der Waals surface area contributed by atoms with Crippen molar-refractivity contribution < 1.29 is 4.79 Å². The van der Waals surface area contributed by atoms with Crippen LogP contribution in [0.1, 0.15) is 47.2 Å². The van der Waals surface area contributed by atoms with Gasteiger partial charge in [0.1, 0.15) is 0 Å². The number of nitrogens with zero attached hydrogens (tertiary/aromatic N) is 3. The van der Waals surface area contributed by atoms with Crippen LogP contribution in [0.15, 0.2) is 48.5 Å². The van der Waals surface area contributed by atoms with Gasteiger partial charge in [0.2, 0.25) is 0 Å². The van der Waals surface area contributed by atoms with E-state index in [0.29, 0.717) is 0 Å². The van der Waals surface area contributed by atoms with Crippen LogP contribution in [0.4, 0.5) is 5.69 Å². The standard InChI is InChI=1S/C26H35N3O/c1-22-12-13-25(28-16-5-6-17-28)24(21-22)26(30)29-18-8-15-27(19-20-29)14-7-11-23-9-3-2-4-10-23/h2-4,9-10,12-13,21H,5-8,11,14-20H2,1H3. The largest absolute Gasteiger partial charge is 0.371 e. The Morgan fingerprint density at radius 2 is 1.67 bits per heavy atom. The quantitative estimate of drug-likeness (QED) is 0.714. The molecule has 4 heteroatoms. The summed E-state index contributed by atoms with van der Waals surface area (Å²) in [6.07, 6.45) is 5.81. The Bertz CT molecular complexity index is 829. The zero-order valence-electron chi connectivity index (χ0n) is 18.4. The summed E-state index contributed by atoms with van der Waals surface area (Å²) in [5.74, 6) is 0.215. The predicted octanol–water partition coefficient (Wildman–Crippen LogP) is 4.38. The van der Waals surface area contributed by atoms with E-state index in [-0.39, 0.29) is 5.91 Å². The molecule has 4 rings (SSSR count). The molecule has 4 nitrogen and oxygen atoms in total. The SMILES string of the molecule is Cc1ccc(N2CCCC2)c(C(=O)N2CCCN(CCCc3ccccc3)CC2)c1. The fourth-order valence-electron chi connectivity index (χ4n) is 4.77. The lowest BCUT2D eigenvalue weighted by Crippen LogP contribution is -2.36. The lowest BCUT2D eigenvalue weighted by atomic mass is 10.1. The van der Waals surface area contributed by atoms with Crippen molar-refractivity contribution in [2.24, 2.45) is 0 Å². The summed E-state index contributed by atoms with van der Waals surface area (Å²) in [5.41, 5.74) is 4.61. The van der Waals surface area contributed by atoms with Gasteiger partial charge in [-0.3, -0.25) is 4.79 Å². The normalized spacial score (nSPS) is 17.9. The van der Waals surface area contributed by atoms with Crippen LogP contribution < -0.4 is 4.90 Å². The van der Waals surface area contributed by atoms with Crippen molar-refractivity contribution in [3.8, 4) is 0 Å². The molecule has 1 amide bonds. The highest BCUT2D eigenvalue weighted by Gasteiger charge is 2.25. The molecule has 0 bridgehead atoms. The van der Waals surface area contributed by atoms with E-state index in [1.807, 2.05) is 0 Å². The first-order valence-corrected chi connectivity index (χ1v) is 11.6. The maximum absolute atomic E-state index is 13.5. The fourth-order valence-corrected chi connectivity index (χ4v) is 4.77. The highest BCUT2D eigenvalue weighted by molar-refractivity contribution is 6.00. The van der Waals surface area contributed by atoms with Gasteiger partial charge in [-0.2, -0.15) is 0 Å². The van der Waals surface area contributed by atoms with E-state index in [1.165, 1.54) is 30.4 Å². The molecule has 2 fully saturated rings. The van der Waals surface area contributed by atoms with E-state index in [0.717, 1.165) is 69.9 Å². The smallest absolute Gasteiger partial charge is 0.256 e. The zero-order valence-corrected chi connectivity index (χ0v) is 18.4. The second-order valence-electron chi connectivity index (χ2n) is 8.79. The van der Waals surface area contributed by atoms with E-state index in [1.54, 1.807) is 0 Å². The molecule has 2 aliphatic rings. The summed E-state index contributed by atoms with van der Waals surface area (Å²) < 4.78 is 0. The van der Waals surface area contributed by atoms with Crippen LogP contribution in [0.3, 0.4) is 0 Å². The minimum atomic E-state index is 0.215. The van der Waals surface area contributed by atoms with Crippen molar-refractivity contribution in [3.05, 3.63) is 65.2 Å². The summed E-state index contributed by atoms with van der Waals surface area (Å²) in [6, 6.07) is 17.1. The van der Waals surface area contributed by atoms with Gasteiger partial charge in [0, 0.05) is 38.4 Å². The average molecular weight is 406 g/mol. The summed E-state index contributed by atoms with van der Waals surface area (Å²) in [4.78, 5) is 20.5. The van der Waals surface area contributed by atoms with Crippen molar-refractivity contribution in [2.45, 2.75) is 39.0 Å². The van der Waals surface area contributed by atoms with Crippen LogP contribution in [0.2, 0.25) is 0 Å². The molecular weight excluding hydrogens is 370 g/mol. The van der Waals surface area contributed by atoms with Crippen molar-refractivity contribution in [1.29, 1.82) is 0 Å². The molecule has 160 valence electrons. The Hall–Kier alpha value is -2.33. The van der Waals surface area contributed by atoms with Crippen LogP contribution in [0, 0.1) is 6.92 Å². The second-order valence-corrected chi connectivity index (χ2v) is 8.79. The van der Waals surface area contributed by atoms with Gasteiger partial charge < -0.3 is 14.7 Å². The second kappa shape index (κ2) is 10.1. The van der Waals surface area contributed by atoms with Gasteiger partial charge in [-0.1, -0.05) is 42.0 Å². The molecule has 0 radical (unpaired) electrons. The van der Waals surface area contributed by atoms with Crippen LogP contribution in [-0.4, -0.2) is 61.5 Å². The monoisotopic (exact) mass is 405 g/mol. The van der Waals surface area contributed by atoms with Crippen LogP contribution in [0.5, 0.6) is 0 Å². The molecule has 0 spiro atoms. The van der Waals surface area contributed by atoms with Gasteiger partial charge in [-0.25, -0.2) is 0 Å². The third kappa shape index (κ3) is 5.23. The molecule has 0 saturated carbocycles. The van der Waals surface area contributed by atoms with E-state index in [4.69, 9.17) is 0 Å². The van der Waals surface area contributed by atoms with Crippen LogP contribution >= 0.6 is 0 Å². The molecule has 2 heterocycles. The molecule has 2 saturated heterocycles. The zero-order chi connectivity index (χ0) is 20.8. The molecule has 2 aliphatic heterocycles. The Morgan fingerprint density at radius 3 is 2.47 bits per heavy atom. The van der Waals surface area contributed by atoms with Gasteiger partial charge in [0.05, 0.1) is 5.56 Å². The third-order valence-electron chi connectivity index (χ3n) is 6.49. The molecule has 0 N–H and O–H groups in total. The molecule has 30 heavy (non-hydrogen) atoms. The van der Waals surface area contributed by atoms with Gasteiger partial charge in [-0.15, -0.1) is 0 Å². The maximum Gasteiger partial charge on any atom is 0.256 e.